The lowest BCUT2D eigenvalue weighted by molar-refractivity contribution is -0.130. The van der Waals surface area contributed by atoms with E-state index < -0.39 is 17.8 Å². The lowest BCUT2D eigenvalue weighted by Crippen LogP contribution is -2.29. The van der Waals surface area contributed by atoms with Crippen molar-refractivity contribution >= 4 is 45.2 Å². The van der Waals surface area contributed by atoms with Crippen molar-refractivity contribution in [2.75, 3.05) is 20.0 Å². The molecule has 1 aromatic heterocycles. The first kappa shape index (κ1) is 30.2. The molecule has 43 heavy (non-hydrogen) atoms. The summed E-state index contributed by atoms with van der Waals surface area (Å²) in [5.41, 5.74) is 2.41. The zero-order valence-corrected chi connectivity index (χ0v) is 26.0. The normalized spacial score (nSPS) is 14.4. The van der Waals surface area contributed by atoms with E-state index in [4.69, 9.17) is 14.6 Å². The van der Waals surface area contributed by atoms with E-state index in [1.54, 1.807) is 38.0 Å². The van der Waals surface area contributed by atoms with Crippen LogP contribution in [0, 0.1) is 5.82 Å². The largest absolute Gasteiger partial charge is 0.493 e. The Morgan fingerprint density at radius 1 is 1.05 bits per heavy atom. The number of hydrogen-bond donors (Lipinski definition) is 1. The van der Waals surface area contributed by atoms with E-state index in [1.165, 1.54) is 35.0 Å². The van der Waals surface area contributed by atoms with Crippen LogP contribution in [0.15, 0.2) is 81.5 Å². The highest BCUT2D eigenvalue weighted by Crippen LogP contribution is 2.42. The van der Waals surface area contributed by atoms with Crippen LogP contribution in [0.5, 0.6) is 11.5 Å². The van der Waals surface area contributed by atoms with Crippen molar-refractivity contribution in [3.63, 3.8) is 0 Å². The fourth-order valence-electron chi connectivity index (χ4n) is 4.69. The van der Waals surface area contributed by atoms with Crippen molar-refractivity contribution in [1.82, 2.24) is 25.1 Å². The number of aromatic nitrogens is 3. The number of thioether (sulfide) groups is 1. The zero-order chi connectivity index (χ0) is 30.5. The second-order valence-corrected chi connectivity index (χ2v) is 11.4. The highest BCUT2D eigenvalue weighted by atomic mass is 79.9. The van der Waals surface area contributed by atoms with Crippen LogP contribution in [0.2, 0.25) is 0 Å². The number of benzene rings is 3. The van der Waals surface area contributed by atoms with Crippen molar-refractivity contribution in [1.29, 1.82) is 0 Å². The molecule has 222 valence electrons. The summed E-state index contributed by atoms with van der Waals surface area (Å²) in [5, 5.41) is 17.7. The Bertz CT molecular complexity index is 1680. The van der Waals surface area contributed by atoms with Gasteiger partial charge in [0, 0.05) is 23.5 Å². The molecule has 0 saturated carbocycles. The molecule has 1 N–H and O–H groups in total. The third-order valence-electron chi connectivity index (χ3n) is 6.91. The molecule has 0 aliphatic carbocycles. The number of methoxy groups -OCH3 is 2. The molecule has 0 fully saturated rings. The molecule has 1 atom stereocenters. The second-order valence-electron chi connectivity index (χ2n) is 9.50. The van der Waals surface area contributed by atoms with E-state index in [2.05, 4.69) is 31.4 Å². The van der Waals surface area contributed by atoms with E-state index >= 15 is 0 Å². The average Bonchev–Trinajstić information content (AvgIpc) is 3.62. The molecule has 13 heteroatoms. The summed E-state index contributed by atoms with van der Waals surface area (Å²) in [6.45, 7) is 0.0376. The Labute approximate surface area is 260 Å². The maximum absolute atomic E-state index is 13.9. The van der Waals surface area contributed by atoms with Crippen LogP contribution in [0.3, 0.4) is 0 Å². The van der Waals surface area contributed by atoms with Gasteiger partial charge < -0.3 is 19.4 Å². The Morgan fingerprint density at radius 3 is 2.53 bits per heavy atom. The SMILES string of the molecule is COc1cccc([C@@H]2CC(c3ccc(Br)cc3)=NN2C(=O)CSc2nnc(CNC(=O)c3ccccc3F)n2C)c1OC. The van der Waals surface area contributed by atoms with Gasteiger partial charge in [-0.05, 0) is 35.9 Å². The number of hydrogen-bond acceptors (Lipinski definition) is 8. The van der Waals surface area contributed by atoms with Gasteiger partial charge in [-0.25, -0.2) is 9.40 Å². The predicted molar refractivity (Wildman–Crippen MR) is 164 cm³/mol. The summed E-state index contributed by atoms with van der Waals surface area (Å²) in [6.07, 6.45) is 0.484. The number of nitrogens with one attached hydrogen (secondary N) is 1. The van der Waals surface area contributed by atoms with Gasteiger partial charge in [0.2, 0.25) is 0 Å². The third-order valence-corrected chi connectivity index (χ3v) is 8.44. The number of rotatable bonds is 10. The summed E-state index contributed by atoms with van der Waals surface area (Å²) >= 11 is 4.67. The molecule has 0 bridgehead atoms. The minimum absolute atomic E-state index is 0.0352. The van der Waals surface area contributed by atoms with Crippen molar-refractivity contribution < 1.29 is 23.5 Å². The summed E-state index contributed by atoms with van der Waals surface area (Å²) < 4.78 is 27.8. The first-order valence-electron chi connectivity index (χ1n) is 13.2. The van der Waals surface area contributed by atoms with E-state index in [9.17, 15) is 14.0 Å². The van der Waals surface area contributed by atoms with Crippen LogP contribution in [-0.4, -0.2) is 57.3 Å². The molecule has 5 rings (SSSR count). The van der Waals surface area contributed by atoms with Crippen LogP contribution in [0.1, 0.15) is 39.8 Å². The average molecular weight is 668 g/mol. The molecule has 4 aromatic rings. The molecule has 1 aliphatic rings. The van der Waals surface area contributed by atoms with E-state index in [-0.39, 0.29) is 23.8 Å². The van der Waals surface area contributed by atoms with Crippen molar-refractivity contribution in [3.05, 3.63) is 99.5 Å². The number of amides is 2. The van der Waals surface area contributed by atoms with Gasteiger partial charge >= 0.3 is 0 Å². The van der Waals surface area contributed by atoms with Crippen LogP contribution in [-0.2, 0) is 18.4 Å². The zero-order valence-electron chi connectivity index (χ0n) is 23.6. The fourth-order valence-corrected chi connectivity index (χ4v) is 5.74. The van der Waals surface area contributed by atoms with Crippen LogP contribution >= 0.6 is 27.7 Å². The lowest BCUT2D eigenvalue weighted by atomic mass is 9.97. The lowest BCUT2D eigenvalue weighted by Gasteiger charge is -2.24. The van der Waals surface area contributed by atoms with E-state index in [0.717, 1.165) is 21.3 Å². The Hall–Kier alpha value is -4.23. The van der Waals surface area contributed by atoms with Gasteiger partial charge in [-0.2, -0.15) is 5.10 Å². The van der Waals surface area contributed by atoms with E-state index in [0.29, 0.717) is 28.9 Å². The van der Waals surface area contributed by atoms with Crippen LogP contribution in [0.4, 0.5) is 4.39 Å². The van der Waals surface area contributed by atoms with E-state index in [1.807, 2.05) is 36.4 Å². The number of carbonyl (C=O) groups excluding carboxylic acids is 2. The number of nitrogens with zero attached hydrogens (tertiary/aromatic N) is 5. The number of halogens is 2. The monoisotopic (exact) mass is 666 g/mol. The van der Waals surface area contributed by atoms with Crippen molar-refractivity contribution in [3.8, 4) is 11.5 Å². The quantitative estimate of drug-likeness (QED) is 0.234. The fraction of sp³-hybridized carbons (Fsp3) is 0.233. The highest BCUT2D eigenvalue weighted by molar-refractivity contribution is 9.10. The number of carbonyl (C=O) groups is 2. The molecule has 3 aromatic carbocycles. The molecular formula is C30H28BrFN6O4S. The maximum atomic E-state index is 13.9. The summed E-state index contributed by atoms with van der Waals surface area (Å²) in [4.78, 5) is 26.1. The summed E-state index contributed by atoms with van der Waals surface area (Å²) in [5.74, 6) is 0.201. The van der Waals surface area contributed by atoms with Gasteiger partial charge in [-0.3, -0.25) is 9.59 Å². The standard InChI is InChI=1S/C30H28BrFN6O4S/c1-37-26(16-33-29(40)20-7-4-5-9-22(20)32)34-35-30(37)43-17-27(39)38-24(21-8-6-10-25(41-2)28(21)42-3)15-23(36-38)18-11-13-19(31)14-12-18/h4-14,24H,15-17H2,1-3H3,(H,33,40)/t24-/m0/s1. The molecule has 2 amide bonds. The predicted octanol–water partition coefficient (Wildman–Crippen LogP) is 5.13. The maximum Gasteiger partial charge on any atom is 0.254 e. The third kappa shape index (κ3) is 6.57. The molecule has 0 saturated heterocycles. The first-order chi connectivity index (χ1) is 20.8. The minimum atomic E-state index is -0.606. The van der Waals surface area contributed by atoms with Gasteiger partial charge in [0.25, 0.3) is 11.8 Å². The molecule has 0 unspecified atom stereocenters. The van der Waals surface area contributed by atoms with Crippen molar-refractivity contribution in [2.24, 2.45) is 12.1 Å². The molecule has 1 aliphatic heterocycles. The van der Waals surface area contributed by atoms with Gasteiger partial charge in [-0.15, -0.1) is 10.2 Å². The Kier molecular flexibility index (Phi) is 9.41. The number of ether oxygens (including phenoxy) is 2. The molecule has 0 spiro atoms. The number of hydrazone groups is 1. The molecular weight excluding hydrogens is 639 g/mol. The molecule has 2 heterocycles. The Balaban J connectivity index is 1.32. The second kappa shape index (κ2) is 13.4. The van der Waals surface area contributed by atoms with Gasteiger partial charge in [0.05, 0.1) is 43.8 Å². The first-order valence-corrected chi connectivity index (χ1v) is 15.0. The minimum Gasteiger partial charge on any atom is -0.493 e. The number of para-hydroxylation sites is 1. The van der Waals surface area contributed by atoms with Gasteiger partial charge in [0.15, 0.2) is 22.5 Å². The molecule has 0 radical (unpaired) electrons. The van der Waals surface area contributed by atoms with Crippen molar-refractivity contribution in [2.45, 2.75) is 24.2 Å². The highest BCUT2D eigenvalue weighted by Gasteiger charge is 2.35. The summed E-state index contributed by atoms with van der Waals surface area (Å²) in [6, 6.07) is 18.7. The topological polar surface area (TPSA) is 111 Å². The smallest absolute Gasteiger partial charge is 0.254 e. The summed E-state index contributed by atoms with van der Waals surface area (Å²) in [7, 11) is 4.88. The Morgan fingerprint density at radius 2 is 1.81 bits per heavy atom. The molecule has 10 nitrogen and oxygen atoms in total. The van der Waals surface area contributed by atoms with Gasteiger partial charge in [0.1, 0.15) is 5.82 Å². The van der Waals surface area contributed by atoms with Gasteiger partial charge in [-0.1, -0.05) is 64.1 Å². The van der Waals surface area contributed by atoms with Crippen LogP contribution < -0.4 is 14.8 Å². The van der Waals surface area contributed by atoms with Crippen LogP contribution in [0.25, 0.3) is 0 Å².